The average Bonchev–Trinajstić information content (AvgIpc) is 2.89. The van der Waals surface area contributed by atoms with Crippen molar-refractivity contribution in [2.45, 2.75) is 19.9 Å². The third-order valence-electron chi connectivity index (χ3n) is 3.88. The van der Waals surface area contributed by atoms with Crippen LogP contribution < -0.4 is 5.73 Å². The smallest absolute Gasteiger partial charge is 0.313 e. The van der Waals surface area contributed by atoms with Gasteiger partial charge in [-0.15, -0.1) is 12.4 Å². The summed E-state index contributed by atoms with van der Waals surface area (Å²) in [5.74, 6) is -0.313. The molecule has 1 amide bonds. The zero-order valence-corrected chi connectivity index (χ0v) is 13.1. The molecule has 0 radical (unpaired) electrons. The molecular weight excluding hydrogens is 292 g/mol. The molecule has 6 heteroatoms. The van der Waals surface area contributed by atoms with Crippen molar-refractivity contribution in [3.63, 3.8) is 0 Å². The van der Waals surface area contributed by atoms with Crippen LogP contribution in [0.25, 0.3) is 0 Å². The van der Waals surface area contributed by atoms with E-state index >= 15 is 0 Å². The van der Waals surface area contributed by atoms with Crippen LogP contribution in [0, 0.1) is 5.41 Å². The molecule has 0 bridgehead atoms. The fourth-order valence-corrected chi connectivity index (χ4v) is 2.51. The molecule has 1 aliphatic heterocycles. The molecule has 1 aromatic carbocycles. The van der Waals surface area contributed by atoms with E-state index in [9.17, 15) is 9.59 Å². The maximum atomic E-state index is 12.4. The molecule has 1 unspecified atom stereocenters. The van der Waals surface area contributed by atoms with Gasteiger partial charge in [0, 0.05) is 25.2 Å². The second-order valence-corrected chi connectivity index (χ2v) is 5.43. The first-order valence-corrected chi connectivity index (χ1v) is 6.67. The highest BCUT2D eigenvalue weighted by molar-refractivity contribution is 5.95. The summed E-state index contributed by atoms with van der Waals surface area (Å²) in [7, 11) is 1.38. The highest BCUT2D eigenvalue weighted by Crippen LogP contribution is 2.32. The first-order chi connectivity index (χ1) is 9.50. The number of hydrogen-bond donors (Lipinski definition) is 1. The Balaban J connectivity index is 0.00000220. The van der Waals surface area contributed by atoms with E-state index in [0.29, 0.717) is 31.6 Å². The summed E-state index contributed by atoms with van der Waals surface area (Å²) in [5, 5.41) is 0. The van der Waals surface area contributed by atoms with Gasteiger partial charge in [0.15, 0.2) is 0 Å². The number of amides is 1. The van der Waals surface area contributed by atoms with Gasteiger partial charge in [-0.3, -0.25) is 9.59 Å². The van der Waals surface area contributed by atoms with Crippen molar-refractivity contribution >= 4 is 24.3 Å². The molecule has 5 nitrogen and oxygen atoms in total. The van der Waals surface area contributed by atoms with Crippen LogP contribution in [0.1, 0.15) is 29.3 Å². The SMILES string of the molecule is COC(=O)C1(C)CCN(C(=O)c2ccc(CN)cc2)C1.Cl. The lowest BCUT2D eigenvalue weighted by molar-refractivity contribution is -0.150. The predicted octanol–water partition coefficient (Wildman–Crippen LogP) is 1.59. The van der Waals surface area contributed by atoms with Gasteiger partial charge >= 0.3 is 5.97 Å². The van der Waals surface area contributed by atoms with Gasteiger partial charge in [-0.1, -0.05) is 12.1 Å². The molecule has 2 N–H and O–H groups in total. The highest BCUT2D eigenvalue weighted by atomic mass is 35.5. The zero-order valence-electron chi connectivity index (χ0n) is 12.3. The third-order valence-corrected chi connectivity index (χ3v) is 3.88. The minimum absolute atomic E-state index is 0. The first kappa shape index (κ1) is 17.5. The van der Waals surface area contributed by atoms with Crippen LogP contribution in [0.2, 0.25) is 0 Å². The second kappa shape index (κ2) is 6.91. The van der Waals surface area contributed by atoms with Crippen molar-refractivity contribution in [2.24, 2.45) is 11.1 Å². The van der Waals surface area contributed by atoms with Crippen LogP contribution >= 0.6 is 12.4 Å². The molecular formula is C15H21ClN2O3. The number of carbonyl (C=O) groups excluding carboxylic acids is 2. The van der Waals surface area contributed by atoms with Crippen LogP contribution in [0.15, 0.2) is 24.3 Å². The Kier molecular flexibility index (Phi) is 5.75. The van der Waals surface area contributed by atoms with Crippen LogP contribution in [-0.2, 0) is 16.1 Å². The molecule has 0 aromatic heterocycles. The monoisotopic (exact) mass is 312 g/mol. The van der Waals surface area contributed by atoms with Gasteiger partial charge in [0.2, 0.25) is 0 Å². The van der Waals surface area contributed by atoms with Gasteiger partial charge in [-0.25, -0.2) is 0 Å². The molecule has 21 heavy (non-hydrogen) atoms. The van der Waals surface area contributed by atoms with Gasteiger partial charge < -0.3 is 15.4 Å². The van der Waals surface area contributed by atoms with Gasteiger partial charge in [0.25, 0.3) is 5.91 Å². The molecule has 1 heterocycles. The number of nitrogens with zero attached hydrogens (tertiary/aromatic N) is 1. The molecule has 1 aromatic rings. The fraction of sp³-hybridized carbons (Fsp3) is 0.467. The quantitative estimate of drug-likeness (QED) is 0.860. The summed E-state index contributed by atoms with van der Waals surface area (Å²) in [5.41, 5.74) is 6.55. The van der Waals surface area contributed by atoms with Crippen molar-refractivity contribution in [2.75, 3.05) is 20.2 Å². The minimum atomic E-state index is -0.596. The number of halogens is 1. The number of nitrogens with two attached hydrogens (primary N) is 1. The van der Waals surface area contributed by atoms with Crippen molar-refractivity contribution in [3.05, 3.63) is 35.4 Å². The predicted molar refractivity (Wildman–Crippen MR) is 82.2 cm³/mol. The maximum absolute atomic E-state index is 12.4. The van der Waals surface area contributed by atoms with E-state index in [1.165, 1.54) is 7.11 Å². The van der Waals surface area contributed by atoms with Gasteiger partial charge in [0.1, 0.15) is 0 Å². The Hall–Kier alpha value is -1.59. The molecule has 1 saturated heterocycles. The lowest BCUT2D eigenvalue weighted by atomic mass is 9.90. The fourth-order valence-electron chi connectivity index (χ4n) is 2.51. The lowest BCUT2D eigenvalue weighted by Crippen LogP contribution is -2.35. The van der Waals surface area contributed by atoms with E-state index < -0.39 is 5.41 Å². The number of hydrogen-bond acceptors (Lipinski definition) is 4. The Labute approximate surface area is 130 Å². The summed E-state index contributed by atoms with van der Waals surface area (Å²) in [6.07, 6.45) is 0.631. The Morgan fingerprint density at radius 3 is 2.48 bits per heavy atom. The zero-order chi connectivity index (χ0) is 14.8. The molecule has 0 saturated carbocycles. The van der Waals surface area contributed by atoms with Crippen LogP contribution in [0.4, 0.5) is 0 Å². The Bertz CT molecular complexity index is 518. The van der Waals surface area contributed by atoms with E-state index in [-0.39, 0.29) is 24.3 Å². The van der Waals surface area contributed by atoms with E-state index in [1.54, 1.807) is 17.0 Å². The molecule has 0 aliphatic carbocycles. The van der Waals surface area contributed by atoms with Crippen molar-refractivity contribution in [3.8, 4) is 0 Å². The summed E-state index contributed by atoms with van der Waals surface area (Å²) in [4.78, 5) is 25.8. The normalized spacial score (nSPS) is 20.8. The van der Waals surface area contributed by atoms with E-state index in [1.807, 2.05) is 19.1 Å². The number of benzene rings is 1. The van der Waals surface area contributed by atoms with Crippen LogP contribution in [0.3, 0.4) is 0 Å². The Morgan fingerprint density at radius 1 is 1.33 bits per heavy atom. The molecule has 1 atom stereocenters. The van der Waals surface area contributed by atoms with E-state index in [0.717, 1.165) is 5.56 Å². The number of carbonyl (C=O) groups is 2. The van der Waals surface area contributed by atoms with Crippen molar-refractivity contribution < 1.29 is 14.3 Å². The maximum Gasteiger partial charge on any atom is 0.313 e. The summed E-state index contributed by atoms with van der Waals surface area (Å²) >= 11 is 0. The number of esters is 1. The minimum Gasteiger partial charge on any atom is -0.469 e. The third kappa shape index (κ3) is 3.54. The van der Waals surface area contributed by atoms with Gasteiger partial charge in [0.05, 0.1) is 12.5 Å². The molecule has 1 aliphatic rings. The molecule has 1 fully saturated rings. The van der Waals surface area contributed by atoms with Crippen molar-refractivity contribution in [1.29, 1.82) is 0 Å². The number of likely N-dealkylation sites (tertiary alicyclic amines) is 1. The lowest BCUT2D eigenvalue weighted by Gasteiger charge is -2.21. The largest absolute Gasteiger partial charge is 0.469 e. The summed E-state index contributed by atoms with van der Waals surface area (Å²) < 4.78 is 4.81. The molecule has 116 valence electrons. The summed E-state index contributed by atoms with van der Waals surface area (Å²) in [6.45, 7) is 3.27. The van der Waals surface area contributed by atoms with E-state index in [2.05, 4.69) is 0 Å². The number of methoxy groups -OCH3 is 1. The van der Waals surface area contributed by atoms with Crippen LogP contribution in [-0.4, -0.2) is 37.0 Å². The molecule has 2 rings (SSSR count). The molecule has 0 spiro atoms. The summed E-state index contributed by atoms with van der Waals surface area (Å²) in [6, 6.07) is 7.25. The standard InChI is InChI=1S/C15H20N2O3.ClH/c1-15(14(19)20-2)7-8-17(10-15)13(18)12-5-3-11(9-16)4-6-12;/h3-6H,7-10,16H2,1-2H3;1H. The topological polar surface area (TPSA) is 72.6 Å². The Morgan fingerprint density at radius 2 is 1.95 bits per heavy atom. The number of rotatable bonds is 3. The van der Waals surface area contributed by atoms with Gasteiger partial charge in [-0.2, -0.15) is 0 Å². The van der Waals surface area contributed by atoms with Crippen LogP contribution in [0.5, 0.6) is 0 Å². The highest BCUT2D eigenvalue weighted by Gasteiger charge is 2.43. The number of ether oxygens (including phenoxy) is 1. The van der Waals surface area contributed by atoms with Gasteiger partial charge in [-0.05, 0) is 31.0 Å². The van der Waals surface area contributed by atoms with E-state index in [4.69, 9.17) is 10.5 Å². The average molecular weight is 313 g/mol. The first-order valence-electron chi connectivity index (χ1n) is 6.67. The van der Waals surface area contributed by atoms with Crippen molar-refractivity contribution in [1.82, 2.24) is 4.90 Å². The second-order valence-electron chi connectivity index (χ2n) is 5.43.